The highest BCUT2D eigenvalue weighted by Gasteiger charge is 2.14. The van der Waals surface area contributed by atoms with Crippen molar-refractivity contribution < 1.29 is 14.3 Å². The molecule has 108 valence electrons. The third-order valence-electron chi connectivity index (χ3n) is 3.01. The maximum absolute atomic E-state index is 12.0. The third-order valence-corrected chi connectivity index (χ3v) is 3.01. The zero-order chi connectivity index (χ0) is 14.5. The molecule has 0 saturated carbocycles. The van der Waals surface area contributed by atoms with Gasteiger partial charge < -0.3 is 14.8 Å². The van der Waals surface area contributed by atoms with Crippen LogP contribution in [-0.4, -0.2) is 27.3 Å². The SMILES string of the molecule is CCn1nc(C)cc1C(=O)NCC[C@H](O)c1ccco1. The summed E-state index contributed by atoms with van der Waals surface area (Å²) < 4.78 is 6.76. The molecule has 0 bridgehead atoms. The lowest BCUT2D eigenvalue weighted by atomic mass is 10.2. The van der Waals surface area contributed by atoms with Crippen molar-refractivity contribution in [3.63, 3.8) is 0 Å². The Kier molecular flexibility index (Phi) is 4.57. The smallest absolute Gasteiger partial charge is 0.269 e. The van der Waals surface area contributed by atoms with E-state index < -0.39 is 6.10 Å². The summed E-state index contributed by atoms with van der Waals surface area (Å²) in [5, 5.41) is 16.8. The van der Waals surface area contributed by atoms with E-state index in [9.17, 15) is 9.90 Å². The summed E-state index contributed by atoms with van der Waals surface area (Å²) in [6.45, 7) is 4.80. The Morgan fingerprint density at radius 2 is 2.40 bits per heavy atom. The predicted molar refractivity (Wildman–Crippen MR) is 73.3 cm³/mol. The number of aliphatic hydroxyl groups excluding tert-OH is 1. The van der Waals surface area contributed by atoms with Crippen molar-refractivity contribution in [3.8, 4) is 0 Å². The average Bonchev–Trinajstić information content (AvgIpc) is 3.07. The fourth-order valence-corrected chi connectivity index (χ4v) is 2.01. The molecule has 0 saturated heterocycles. The number of furan rings is 1. The summed E-state index contributed by atoms with van der Waals surface area (Å²) in [5.74, 6) is 0.327. The molecule has 0 aliphatic rings. The number of aryl methyl sites for hydroxylation is 2. The molecule has 6 nitrogen and oxygen atoms in total. The second-order valence-electron chi connectivity index (χ2n) is 4.56. The van der Waals surface area contributed by atoms with Crippen LogP contribution in [0.4, 0.5) is 0 Å². The topological polar surface area (TPSA) is 80.3 Å². The predicted octanol–water partition coefficient (Wildman–Crippen LogP) is 1.66. The maximum Gasteiger partial charge on any atom is 0.269 e. The van der Waals surface area contributed by atoms with E-state index in [0.29, 0.717) is 31.0 Å². The fourth-order valence-electron chi connectivity index (χ4n) is 2.01. The minimum Gasteiger partial charge on any atom is -0.467 e. The summed E-state index contributed by atoms with van der Waals surface area (Å²) >= 11 is 0. The zero-order valence-corrected chi connectivity index (χ0v) is 11.7. The minimum atomic E-state index is -0.705. The molecule has 1 atom stereocenters. The number of aromatic nitrogens is 2. The number of carbonyl (C=O) groups excluding carboxylic acids is 1. The van der Waals surface area contributed by atoms with Crippen LogP contribution in [0.2, 0.25) is 0 Å². The van der Waals surface area contributed by atoms with Crippen molar-refractivity contribution >= 4 is 5.91 Å². The molecular formula is C14H19N3O3. The van der Waals surface area contributed by atoms with Gasteiger partial charge in [-0.25, -0.2) is 0 Å². The van der Waals surface area contributed by atoms with E-state index in [0.717, 1.165) is 5.69 Å². The molecule has 0 radical (unpaired) electrons. The standard InChI is InChI=1S/C14H19N3O3/c1-3-17-11(9-10(2)16-17)14(19)15-7-6-12(18)13-5-4-8-20-13/h4-5,8-9,12,18H,3,6-7H2,1-2H3,(H,15,19)/t12-/m0/s1. The van der Waals surface area contributed by atoms with E-state index in [1.807, 2.05) is 13.8 Å². The van der Waals surface area contributed by atoms with E-state index in [4.69, 9.17) is 4.42 Å². The van der Waals surface area contributed by atoms with Gasteiger partial charge in [0.1, 0.15) is 17.6 Å². The molecule has 20 heavy (non-hydrogen) atoms. The van der Waals surface area contributed by atoms with Gasteiger partial charge in [0.25, 0.3) is 5.91 Å². The number of hydrogen-bond donors (Lipinski definition) is 2. The monoisotopic (exact) mass is 277 g/mol. The van der Waals surface area contributed by atoms with Crippen LogP contribution in [0.1, 0.15) is 41.4 Å². The summed E-state index contributed by atoms with van der Waals surface area (Å²) in [6, 6.07) is 5.18. The van der Waals surface area contributed by atoms with Crippen molar-refractivity contribution in [2.45, 2.75) is 32.9 Å². The Labute approximate surface area is 117 Å². The van der Waals surface area contributed by atoms with E-state index in [2.05, 4.69) is 10.4 Å². The van der Waals surface area contributed by atoms with Gasteiger partial charge in [0.05, 0.1) is 12.0 Å². The van der Waals surface area contributed by atoms with Gasteiger partial charge in [-0.05, 0) is 38.5 Å². The highest BCUT2D eigenvalue weighted by Crippen LogP contribution is 2.15. The van der Waals surface area contributed by atoms with Crippen LogP contribution < -0.4 is 5.32 Å². The maximum atomic E-state index is 12.0. The summed E-state index contributed by atoms with van der Waals surface area (Å²) in [5.41, 5.74) is 1.35. The lowest BCUT2D eigenvalue weighted by molar-refractivity contribution is 0.0925. The first-order valence-corrected chi connectivity index (χ1v) is 6.66. The molecular weight excluding hydrogens is 258 g/mol. The normalized spacial score (nSPS) is 12.3. The number of rotatable bonds is 6. The Bertz CT molecular complexity index is 560. The van der Waals surface area contributed by atoms with Gasteiger partial charge in [-0.1, -0.05) is 0 Å². The van der Waals surface area contributed by atoms with Gasteiger partial charge in [0.15, 0.2) is 0 Å². The first kappa shape index (κ1) is 14.3. The molecule has 2 N–H and O–H groups in total. The summed E-state index contributed by atoms with van der Waals surface area (Å²) in [4.78, 5) is 12.0. The molecule has 2 aromatic heterocycles. The number of hydrogen-bond acceptors (Lipinski definition) is 4. The Hall–Kier alpha value is -2.08. The Balaban J connectivity index is 1.86. The second kappa shape index (κ2) is 6.38. The van der Waals surface area contributed by atoms with Crippen molar-refractivity contribution in [1.82, 2.24) is 15.1 Å². The molecule has 0 aliphatic carbocycles. The van der Waals surface area contributed by atoms with Crippen molar-refractivity contribution in [2.75, 3.05) is 6.54 Å². The van der Waals surface area contributed by atoms with E-state index in [1.54, 1.807) is 22.9 Å². The van der Waals surface area contributed by atoms with Gasteiger partial charge in [0.2, 0.25) is 0 Å². The molecule has 0 fully saturated rings. The summed E-state index contributed by atoms with van der Waals surface area (Å²) in [7, 11) is 0. The quantitative estimate of drug-likeness (QED) is 0.841. The van der Waals surface area contributed by atoms with Crippen LogP contribution in [0.15, 0.2) is 28.9 Å². The molecule has 0 unspecified atom stereocenters. The summed E-state index contributed by atoms with van der Waals surface area (Å²) in [6.07, 6.45) is 1.21. The lowest BCUT2D eigenvalue weighted by Gasteiger charge is -2.09. The molecule has 1 amide bonds. The Morgan fingerprint density at radius 3 is 3.05 bits per heavy atom. The molecule has 6 heteroatoms. The van der Waals surface area contributed by atoms with E-state index in [-0.39, 0.29) is 5.91 Å². The minimum absolute atomic E-state index is 0.181. The van der Waals surface area contributed by atoms with Gasteiger partial charge in [-0.15, -0.1) is 0 Å². The zero-order valence-electron chi connectivity index (χ0n) is 11.7. The number of carbonyl (C=O) groups is 1. The van der Waals surface area contributed by atoms with Crippen LogP contribution >= 0.6 is 0 Å². The molecule has 0 aliphatic heterocycles. The van der Waals surface area contributed by atoms with Crippen LogP contribution in [-0.2, 0) is 6.54 Å². The van der Waals surface area contributed by atoms with Gasteiger partial charge in [0, 0.05) is 13.1 Å². The number of nitrogens with zero attached hydrogens (tertiary/aromatic N) is 2. The highest BCUT2D eigenvalue weighted by atomic mass is 16.4. The van der Waals surface area contributed by atoms with Gasteiger partial charge in [-0.3, -0.25) is 9.48 Å². The van der Waals surface area contributed by atoms with Gasteiger partial charge >= 0.3 is 0 Å². The van der Waals surface area contributed by atoms with Crippen LogP contribution in [0, 0.1) is 6.92 Å². The molecule has 2 rings (SSSR count). The molecule has 2 heterocycles. The van der Waals surface area contributed by atoms with Crippen molar-refractivity contribution in [3.05, 3.63) is 41.6 Å². The fraction of sp³-hybridized carbons (Fsp3) is 0.429. The number of amides is 1. The number of nitrogens with one attached hydrogen (secondary N) is 1. The molecule has 0 aromatic carbocycles. The van der Waals surface area contributed by atoms with Crippen LogP contribution in [0.3, 0.4) is 0 Å². The molecule has 2 aromatic rings. The van der Waals surface area contributed by atoms with Crippen LogP contribution in [0.25, 0.3) is 0 Å². The highest BCUT2D eigenvalue weighted by molar-refractivity contribution is 5.92. The van der Waals surface area contributed by atoms with Crippen molar-refractivity contribution in [1.29, 1.82) is 0 Å². The van der Waals surface area contributed by atoms with Crippen molar-refractivity contribution in [2.24, 2.45) is 0 Å². The van der Waals surface area contributed by atoms with E-state index in [1.165, 1.54) is 6.26 Å². The Morgan fingerprint density at radius 1 is 1.60 bits per heavy atom. The lowest BCUT2D eigenvalue weighted by Crippen LogP contribution is -2.27. The third kappa shape index (κ3) is 3.27. The number of aliphatic hydroxyl groups is 1. The average molecular weight is 277 g/mol. The van der Waals surface area contributed by atoms with Crippen LogP contribution in [0.5, 0.6) is 0 Å². The van der Waals surface area contributed by atoms with E-state index >= 15 is 0 Å². The second-order valence-corrected chi connectivity index (χ2v) is 4.56. The first-order chi connectivity index (χ1) is 9.61. The first-order valence-electron chi connectivity index (χ1n) is 6.66. The largest absolute Gasteiger partial charge is 0.467 e. The van der Waals surface area contributed by atoms with Gasteiger partial charge in [-0.2, -0.15) is 5.10 Å². The molecule has 0 spiro atoms.